The van der Waals surface area contributed by atoms with E-state index < -0.39 is 23.2 Å². The number of pyridine rings is 1. The van der Waals surface area contributed by atoms with Crippen LogP contribution in [0.25, 0.3) is 0 Å². The number of aromatic nitrogens is 1. The lowest BCUT2D eigenvalue weighted by Crippen LogP contribution is -2.26. The summed E-state index contributed by atoms with van der Waals surface area (Å²) in [6.45, 7) is -0.0574. The van der Waals surface area contributed by atoms with Gasteiger partial charge in [-0.05, 0) is 17.7 Å². The SMILES string of the molecule is COc1cc(C(F)(F)F)c(C(=O)NCc2ccc(Cl)cc2Cl)cn1. The Kier molecular flexibility index (Phi) is 5.56. The first-order valence-electron chi connectivity index (χ1n) is 6.55. The Morgan fingerprint density at radius 1 is 1.29 bits per heavy atom. The number of hydrogen-bond donors (Lipinski definition) is 1. The van der Waals surface area contributed by atoms with Crippen LogP contribution in [0.3, 0.4) is 0 Å². The molecule has 9 heteroatoms. The summed E-state index contributed by atoms with van der Waals surface area (Å²) in [4.78, 5) is 15.8. The molecule has 0 aliphatic heterocycles. The van der Waals surface area contributed by atoms with Crippen molar-refractivity contribution in [3.05, 3.63) is 57.2 Å². The van der Waals surface area contributed by atoms with Crippen molar-refractivity contribution >= 4 is 29.1 Å². The molecule has 0 saturated heterocycles. The third kappa shape index (κ3) is 4.30. The zero-order valence-electron chi connectivity index (χ0n) is 12.2. The fraction of sp³-hybridized carbons (Fsp3) is 0.200. The number of hydrogen-bond acceptors (Lipinski definition) is 3. The van der Waals surface area contributed by atoms with Crippen molar-refractivity contribution in [1.82, 2.24) is 10.3 Å². The number of benzene rings is 1. The van der Waals surface area contributed by atoms with Crippen LogP contribution in [0.5, 0.6) is 5.88 Å². The summed E-state index contributed by atoms with van der Waals surface area (Å²) in [6, 6.07) is 5.28. The first-order chi connectivity index (χ1) is 11.2. The average Bonchev–Trinajstić information content (AvgIpc) is 2.52. The third-order valence-corrected chi connectivity index (χ3v) is 3.68. The van der Waals surface area contributed by atoms with Gasteiger partial charge in [-0.1, -0.05) is 29.3 Å². The molecule has 0 radical (unpaired) electrons. The number of nitrogens with zero attached hydrogens (tertiary/aromatic N) is 1. The summed E-state index contributed by atoms with van der Waals surface area (Å²) >= 11 is 11.7. The van der Waals surface area contributed by atoms with Crippen molar-refractivity contribution in [2.24, 2.45) is 0 Å². The van der Waals surface area contributed by atoms with Crippen LogP contribution < -0.4 is 10.1 Å². The molecule has 0 fully saturated rings. The number of amides is 1. The highest BCUT2D eigenvalue weighted by atomic mass is 35.5. The minimum absolute atomic E-state index is 0.0574. The highest BCUT2D eigenvalue weighted by Crippen LogP contribution is 2.33. The van der Waals surface area contributed by atoms with Crippen molar-refractivity contribution < 1.29 is 22.7 Å². The summed E-state index contributed by atoms with van der Waals surface area (Å²) in [5.41, 5.74) is -1.22. The molecule has 1 aromatic carbocycles. The van der Waals surface area contributed by atoms with Crippen molar-refractivity contribution in [2.75, 3.05) is 7.11 Å². The second kappa shape index (κ2) is 7.27. The Hall–Kier alpha value is -1.99. The van der Waals surface area contributed by atoms with Gasteiger partial charge in [0.05, 0.1) is 18.2 Å². The number of carbonyl (C=O) groups excluding carboxylic acids is 1. The number of halogens is 5. The standard InChI is InChI=1S/C15H11Cl2F3N2O2/c1-24-13-5-11(15(18,19)20)10(7-21-13)14(23)22-6-8-2-3-9(16)4-12(8)17/h2-5,7H,6H2,1H3,(H,22,23). The van der Waals surface area contributed by atoms with E-state index in [0.717, 1.165) is 6.20 Å². The normalized spacial score (nSPS) is 11.2. The van der Waals surface area contributed by atoms with Gasteiger partial charge < -0.3 is 10.1 Å². The Bertz CT molecular complexity index is 767. The Labute approximate surface area is 145 Å². The van der Waals surface area contributed by atoms with E-state index in [4.69, 9.17) is 23.2 Å². The lowest BCUT2D eigenvalue weighted by molar-refractivity contribution is -0.138. The number of rotatable bonds is 4. The molecule has 0 saturated carbocycles. The van der Waals surface area contributed by atoms with Crippen molar-refractivity contribution in [3.63, 3.8) is 0 Å². The van der Waals surface area contributed by atoms with Gasteiger partial charge in [-0.25, -0.2) is 4.98 Å². The average molecular weight is 379 g/mol. The summed E-state index contributed by atoms with van der Waals surface area (Å²) in [5, 5.41) is 3.09. The van der Waals surface area contributed by atoms with Crippen LogP contribution in [0.2, 0.25) is 10.0 Å². The molecule has 0 aliphatic carbocycles. The molecule has 2 rings (SSSR count). The first kappa shape index (κ1) is 18.4. The summed E-state index contributed by atoms with van der Waals surface area (Å²) < 4.78 is 44.0. The summed E-state index contributed by atoms with van der Waals surface area (Å²) in [7, 11) is 1.19. The van der Waals surface area contributed by atoms with Gasteiger partial charge in [0.15, 0.2) is 0 Å². The van der Waals surface area contributed by atoms with E-state index in [0.29, 0.717) is 21.7 Å². The van der Waals surface area contributed by atoms with E-state index in [1.807, 2.05) is 0 Å². The molecule has 0 unspecified atom stereocenters. The van der Waals surface area contributed by atoms with Crippen molar-refractivity contribution in [1.29, 1.82) is 0 Å². The molecule has 1 amide bonds. The first-order valence-corrected chi connectivity index (χ1v) is 7.31. The molecular weight excluding hydrogens is 368 g/mol. The molecule has 0 aliphatic rings. The maximum absolute atomic E-state index is 13.1. The number of methoxy groups -OCH3 is 1. The minimum atomic E-state index is -4.72. The third-order valence-electron chi connectivity index (χ3n) is 3.09. The monoisotopic (exact) mass is 378 g/mol. The lowest BCUT2D eigenvalue weighted by atomic mass is 10.1. The maximum Gasteiger partial charge on any atom is 0.417 e. The number of alkyl halides is 3. The van der Waals surface area contributed by atoms with Gasteiger partial charge in [0.25, 0.3) is 5.91 Å². The fourth-order valence-corrected chi connectivity index (χ4v) is 2.37. The largest absolute Gasteiger partial charge is 0.481 e. The van der Waals surface area contributed by atoms with Gasteiger partial charge >= 0.3 is 6.18 Å². The summed E-state index contributed by atoms with van der Waals surface area (Å²) in [5.74, 6) is -1.16. The van der Waals surface area contributed by atoms with Crippen LogP contribution >= 0.6 is 23.2 Å². The number of carbonyl (C=O) groups is 1. The second-order valence-electron chi connectivity index (χ2n) is 4.69. The van der Waals surface area contributed by atoms with Gasteiger partial charge in [0, 0.05) is 28.9 Å². The molecule has 0 spiro atoms. The van der Waals surface area contributed by atoms with Gasteiger partial charge in [-0.3, -0.25) is 4.79 Å². The summed E-state index contributed by atoms with van der Waals surface area (Å²) in [6.07, 6.45) is -3.90. The zero-order chi connectivity index (χ0) is 17.9. The quantitative estimate of drug-likeness (QED) is 0.860. The van der Waals surface area contributed by atoms with Crippen molar-refractivity contribution in [2.45, 2.75) is 12.7 Å². The fourth-order valence-electron chi connectivity index (χ4n) is 1.90. The predicted molar refractivity (Wildman–Crippen MR) is 83.4 cm³/mol. The molecule has 1 heterocycles. The van der Waals surface area contributed by atoms with Crippen LogP contribution in [-0.4, -0.2) is 18.0 Å². The van der Waals surface area contributed by atoms with E-state index in [-0.39, 0.29) is 12.4 Å². The highest BCUT2D eigenvalue weighted by Gasteiger charge is 2.36. The minimum Gasteiger partial charge on any atom is -0.481 e. The number of ether oxygens (including phenoxy) is 1. The van der Waals surface area contributed by atoms with Crippen LogP contribution in [0.15, 0.2) is 30.5 Å². The molecule has 0 bridgehead atoms. The molecule has 0 atom stereocenters. The van der Waals surface area contributed by atoms with Crippen LogP contribution in [0.4, 0.5) is 13.2 Å². The topological polar surface area (TPSA) is 51.2 Å². The van der Waals surface area contributed by atoms with E-state index in [1.54, 1.807) is 12.1 Å². The van der Waals surface area contributed by atoms with E-state index in [1.165, 1.54) is 13.2 Å². The molecule has 24 heavy (non-hydrogen) atoms. The van der Waals surface area contributed by atoms with Gasteiger partial charge in [0.1, 0.15) is 0 Å². The Morgan fingerprint density at radius 3 is 2.58 bits per heavy atom. The molecule has 4 nitrogen and oxygen atoms in total. The second-order valence-corrected chi connectivity index (χ2v) is 5.53. The van der Waals surface area contributed by atoms with Gasteiger partial charge in [-0.2, -0.15) is 13.2 Å². The van der Waals surface area contributed by atoms with Gasteiger partial charge in [0.2, 0.25) is 5.88 Å². The zero-order valence-corrected chi connectivity index (χ0v) is 13.8. The lowest BCUT2D eigenvalue weighted by Gasteiger charge is -2.14. The van der Waals surface area contributed by atoms with Crippen LogP contribution in [0, 0.1) is 0 Å². The Morgan fingerprint density at radius 2 is 2.00 bits per heavy atom. The molecule has 128 valence electrons. The molecule has 1 aromatic heterocycles. The van der Waals surface area contributed by atoms with Crippen LogP contribution in [0.1, 0.15) is 21.5 Å². The maximum atomic E-state index is 13.1. The van der Waals surface area contributed by atoms with Crippen molar-refractivity contribution in [3.8, 4) is 5.88 Å². The van der Waals surface area contributed by atoms with Gasteiger partial charge in [-0.15, -0.1) is 0 Å². The van der Waals surface area contributed by atoms with E-state index >= 15 is 0 Å². The smallest absolute Gasteiger partial charge is 0.417 e. The molecule has 1 N–H and O–H groups in total. The van der Waals surface area contributed by atoms with E-state index in [2.05, 4.69) is 15.0 Å². The van der Waals surface area contributed by atoms with E-state index in [9.17, 15) is 18.0 Å². The number of nitrogens with one attached hydrogen (secondary N) is 1. The molecular formula is C15H11Cl2F3N2O2. The van der Waals surface area contributed by atoms with Crippen LogP contribution in [-0.2, 0) is 12.7 Å². The highest BCUT2D eigenvalue weighted by molar-refractivity contribution is 6.35. The predicted octanol–water partition coefficient (Wildman–Crippen LogP) is 4.35. The molecule has 2 aromatic rings. The Balaban J connectivity index is 2.23.